The number of nitrogens with zero attached hydrogens (tertiary/aromatic N) is 4. The molecule has 0 unspecified atom stereocenters. The predicted octanol–water partition coefficient (Wildman–Crippen LogP) is -0.170. The van der Waals surface area contributed by atoms with Gasteiger partial charge in [-0.1, -0.05) is 0 Å². The number of hydrogen-bond acceptors (Lipinski definition) is 6. The lowest BCUT2D eigenvalue weighted by atomic mass is 10.0. The van der Waals surface area contributed by atoms with E-state index in [0.29, 0.717) is 37.2 Å². The molecule has 0 saturated carbocycles. The maximum atomic E-state index is 12.4. The molecule has 2 saturated heterocycles. The van der Waals surface area contributed by atoms with E-state index < -0.39 is 6.09 Å². The fourth-order valence-electron chi connectivity index (χ4n) is 3.12. The molecule has 0 radical (unpaired) electrons. The van der Waals surface area contributed by atoms with Crippen LogP contribution in [-0.2, 0) is 20.9 Å². The van der Waals surface area contributed by atoms with Crippen molar-refractivity contribution in [2.45, 2.75) is 39.3 Å². The van der Waals surface area contributed by atoms with E-state index in [2.05, 4.69) is 4.98 Å². The Hall–Kier alpha value is -2.71. The van der Waals surface area contributed by atoms with Crippen molar-refractivity contribution in [3.63, 3.8) is 0 Å². The number of cyclic esters (lactones) is 1. The van der Waals surface area contributed by atoms with Gasteiger partial charge in [0.25, 0.3) is 11.5 Å². The summed E-state index contributed by atoms with van der Waals surface area (Å²) in [5.74, 6) is -0.511. The molecule has 0 aromatic carbocycles. The lowest BCUT2D eigenvalue weighted by molar-refractivity contribution is -0.134. The third-order valence-corrected chi connectivity index (χ3v) is 4.79. The van der Waals surface area contributed by atoms with Gasteiger partial charge < -0.3 is 9.64 Å². The van der Waals surface area contributed by atoms with E-state index in [-0.39, 0.29) is 36.6 Å². The molecule has 1 aromatic heterocycles. The fourth-order valence-corrected chi connectivity index (χ4v) is 3.12. The van der Waals surface area contributed by atoms with Crippen LogP contribution in [0.3, 0.4) is 0 Å². The normalized spacial score (nSPS) is 18.6. The highest BCUT2D eigenvalue weighted by atomic mass is 16.6. The maximum absolute atomic E-state index is 12.4. The quantitative estimate of drug-likeness (QED) is 0.752. The zero-order valence-electron chi connectivity index (χ0n) is 14.2. The van der Waals surface area contributed by atoms with E-state index in [9.17, 15) is 19.2 Å². The van der Waals surface area contributed by atoms with Gasteiger partial charge in [-0.15, -0.1) is 0 Å². The molecule has 2 aliphatic heterocycles. The summed E-state index contributed by atoms with van der Waals surface area (Å²) in [6.07, 6.45) is 1.79. The second kappa shape index (κ2) is 6.66. The Morgan fingerprint density at radius 2 is 1.92 bits per heavy atom. The van der Waals surface area contributed by atoms with Crippen LogP contribution in [0.2, 0.25) is 0 Å². The number of hydrogen-bond donors (Lipinski definition) is 0. The molecule has 2 aliphatic rings. The summed E-state index contributed by atoms with van der Waals surface area (Å²) in [6, 6.07) is -0.238. The summed E-state index contributed by atoms with van der Waals surface area (Å²) >= 11 is 0. The van der Waals surface area contributed by atoms with Crippen molar-refractivity contribution in [2.75, 3.05) is 19.7 Å². The highest BCUT2D eigenvalue weighted by molar-refractivity contribution is 5.98. The third kappa shape index (κ3) is 3.26. The van der Waals surface area contributed by atoms with Crippen LogP contribution in [-0.4, -0.2) is 63.0 Å². The summed E-state index contributed by atoms with van der Waals surface area (Å²) in [4.78, 5) is 54.8. The molecule has 1 aromatic rings. The fraction of sp³-hybridized carbons (Fsp3) is 0.562. The average molecular weight is 348 g/mol. The first-order valence-corrected chi connectivity index (χ1v) is 8.17. The van der Waals surface area contributed by atoms with Gasteiger partial charge in [0.15, 0.2) is 6.61 Å². The number of amides is 3. The van der Waals surface area contributed by atoms with Crippen molar-refractivity contribution >= 4 is 17.9 Å². The lowest BCUT2D eigenvalue weighted by Crippen LogP contribution is -2.49. The van der Waals surface area contributed by atoms with Crippen molar-refractivity contribution in [3.8, 4) is 0 Å². The number of rotatable bonds is 3. The van der Waals surface area contributed by atoms with E-state index in [1.165, 1.54) is 10.9 Å². The topological polar surface area (TPSA) is 102 Å². The van der Waals surface area contributed by atoms with Crippen LogP contribution in [0.5, 0.6) is 0 Å². The first-order chi connectivity index (χ1) is 11.9. The number of aryl methyl sites for hydroxylation is 1. The van der Waals surface area contributed by atoms with Gasteiger partial charge in [0.05, 0.1) is 6.33 Å². The van der Waals surface area contributed by atoms with Crippen LogP contribution in [0.15, 0.2) is 11.1 Å². The van der Waals surface area contributed by atoms with Crippen molar-refractivity contribution < 1.29 is 19.1 Å². The number of carbonyl (C=O) groups excluding carboxylic acids is 3. The van der Waals surface area contributed by atoms with Crippen LogP contribution >= 0.6 is 0 Å². The molecule has 25 heavy (non-hydrogen) atoms. The molecule has 0 aliphatic carbocycles. The summed E-state index contributed by atoms with van der Waals surface area (Å²) in [5, 5.41) is 0. The smallest absolute Gasteiger partial charge is 0.417 e. The van der Waals surface area contributed by atoms with Gasteiger partial charge >= 0.3 is 6.09 Å². The Kier molecular flexibility index (Phi) is 4.56. The molecular weight excluding hydrogens is 328 g/mol. The van der Waals surface area contributed by atoms with E-state index in [1.54, 1.807) is 18.7 Å². The highest BCUT2D eigenvalue weighted by Crippen LogP contribution is 2.21. The van der Waals surface area contributed by atoms with Crippen molar-refractivity contribution in [2.24, 2.45) is 0 Å². The van der Waals surface area contributed by atoms with Crippen molar-refractivity contribution in [1.82, 2.24) is 19.4 Å². The Bertz CT molecular complexity index is 763. The van der Waals surface area contributed by atoms with Crippen LogP contribution in [0, 0.1) is 13.8 Å². The van der Waals surface area contributed by atoms with Crippen LogP contribution in [0.25, 0.3) is 0 Å². The molecule has 0 bridgehead atoms. The van der Waals surface area contributed by atoms with E-state index >= 15 is 0 Å². The average Bonchev–Trinajstić information content (AvgIpc) is 2.94. The predicted molar refractivity (Wildman–Crippen MR) is 85.8 cm³/mol. The Labute approximate surface area is 144 Å². The molecule has 3 heterocycles. The maximum Gasteiger partial charge on any atom is 0.417 e. The minimum atomic E-state index is -0.609. The molecule has 3 amide bonds. The molecule has 3 rings (SSSR count). The summed E-state index contributed by atoms with van der Waals surface area (Å²) < 4.78 is 6.03. The van der Waals surface area contributed by atoms with Gasteiger partial charge in [0, 0.05) is 30.4 Å². The number of carbonyl (C=O) groups is 3. The number of likely N-dealkylation sites (tertiary alicyclic amines) is 1. The number of aromatic nitrogens is 2. The Morgan fingerprint density at radius 1 is 1.24 bits per heavy atom. The molecule has 134 valence electrons. The molecular formula is C16H20N4O5. The SMILES string of the molecule is Cc1ncn(CC(=O)N2CCC(N3C(=O)COC3=O)CC2)c(=O)c1C. The highest BCUT2D eigenvalue weighted by Gasteiger charge is 2.38. The van der Waals surface area contributed by atoms with Crippen molar-refractivity contribution in [1.29, 1.82) is 0 Å². The zero-order valence-corrected chi connectivity index (χ0v) is 14.2. The van der Waals surface area contributed by atoms with Gasteiger partial charge in [-0.2, -0.15) is 0 Å². The molecule has 9 heteroatoms. The first-order valence-electron chi connectivity index (χ1n) is 8.17. The Morgan fingerprint density at radius 3 is 2.52 bits per heavy atom. The Balaban J connectivity index is 1.61. The standard InChI is InChI=1S/C16H20N4O5/c1-10-11(2)17-9-19(15(10)23)7-13(21)18-5-3-12(4-6-18)20-14(22)8-25-16(20)24/h9,12H,3-8H2,1-2H3. The largest absolute Gasteiger partial charge is 0.439 e. The van der Waals surface area contributed by atoms with Gasteiger partial charge in [-0.3, -0.25) is 19.0 Å². The third-order valence-electron chi connectivity index (χ3n) is 4.79. The molecule has 0 N–H and O–H groups in total. The minimum absolute atomic E-state index is 0.0672. The molecule has 0 spiro atoms. The van der Waals surface area contributed by atoms with Crippen LogP contribution < -0.4 is 5.56 Å². The van der Waals surface area contributed by atoms with Crippen LogP contribution in [0.4, 0.5) is 4.79 Å². The van der Waals surface area contributed by atoms with E-state index in [1.807, 2.05) is 0 Å². The van der Waals surface area contributed by atoms with E-state index in [4.69, 9.17) is 4.74 Å². The van der Waals surface area contributed by atoms with Gasteiger partial charge in [0.1, 0.15) is 6.54 Å². The lowest BCUT2D eigenvalue weighted by Gasteiger charge is -2.34. The summed E-state index contributed by atoms with van der Waals surface area (Å²) in [7, 11) is 0. The van der Waals surface area contributed by atoms with Crippen molar-refractivity contribution in [3.05, 3.63) is 27.9 Å². The monoisotopic (exact) mass is 348 g/mol. The summed E-state index contributed by atoms with van der Waals surface area (Å²) in [5.41, 5.74) is 0.956. The van der Waals surface area contributed by atoms with Gasteiger partial charge in [-0.05, 0) is 26.7 Å². The van der Waals surface area contributed by atoms with Gasteiger partial charge in [0.2, 0.25) is 5.91 Å². The number of ether oxygens (including phenoxy) is 1. The first kappa shape index (κ1) is 17.1. The molecule has 2 fully saturated rings. The van der Waals surface area contributed by atoms with E-state index in [0.717, 1.165) is 4.90 Å². The molecule has 0 atom stereocenters. The summed E-state index contributed by atoms with van der Waals surface area (Å²) in [6.45, 7) is 4.01. The second-order valence-electron chi connectivity index (χ2n) is 6.32. The molecule has 9 nitrogen and oxygen atoms in total. The van der Waals surface area contributed by atoms with Crippen LogP contribution in [0.1, 0.15) is 24.1 Å². The number of imide groups is 1. The second-order valence-corrected chi connectivity index (χ2v) is 6.32. The number of piperidine rings is 1. The minimum Gasteiger partial charge on any atom is -0.439 e. The van der Waals surface area contributed by atoms with Gasteiger partial charge in [-0.25, -0.2) is 14.7 Å². The zero-order chi connectivity index (χ0) is 18.1.